The predicted molar refractivity (Wildman–Crippen MR) is 75.6 cm³/mol. The van der Waals surface area contributed by atoms with E-state index in [1.165, 1.54) is 0 Å². The summed E-state index contributed by atoms with van der Waals surface area (Å²) in [6.07, 6.45) is 0. The van der Waals surface area contributed by atoms with E-state index in [0.717, 1.165) is 5.69 Å². The van der Waals surface area contributed by atoms with Crippen molar-refractivity contribution in [2.75, 3.05) is 7.05 Å². The lowest BCUT2D eigenvalue weighted by Gasteiger charge is -2.13. The van der Waals surface area contributed by atoms with Crippen LogP contribution in [0, 0.1) is 13.8 Å². The molecule has 0 saturated carbocycles. The molecular weight excluding hydrogens is 256 g/mol. The van der Waals surface area contributed by atoms with E-state index in [0.29, 0.717) is 16.9 Å². The van der Waals surface area contributed by atoms with E-state index in [1.807, 2.05) is 13.0 Å². The fourth-order valence-corrected chi connectivity index (χ4v) is 2.35. The van der Waals surface area contributed by atoms with Gasteiger partial charge in [0.2, 0.25) is 0 Å². The number of hydrogen-bond donors (Lipinski definition) is 2. The summed E-state index contributed by atoms with van der Waals surface area (Å²) in [6, 6.07) is 8.73. The first kappa shape index (κ1) is 13.9. The number of carboxylic acids is 1. The van der Waals surface area contributed by atoms with Crippen LogP contribution in [0.2, 0.25) is 0 Å². The zero-order chi connectivity index (χ0) is 14.9. The van der Waals surface area contributed by atoms with Gasteiger partial charge in [-0.2, -0.15) is 0 Å². The summed E-state index contributed by atoms with van der Waals surface area (Å²) in [5.41, 5.74) is 2.81. The number of amides is 1. The zero-order valence-electron chi connectivity index (χ0n) is 11.6. The van der Waals surface area contributed by atoms with E-state index < -0.39 is 5.97 Å². The van der Waals surface area contributed by atoms with Crippen LogP contribution in [0.5, 0.6) is 0 Å². The van der Waals surface area contributed by atoms with Gasteiger partial charge in [0.15, 0.2) is 0 Å². The van der Waals surface area contributed by atoms with E-state index in [1.54, 1.807) is 42.8 Å². The second kappa shape index (κ2) is 5.21. The topological polar surface area (TPSA) is 71.3 Å². The summed E-state index contributed by atoms with van der Waals surface area (Å²) in [6.45, 7) is 3.55. The lowest BCUT2D eigenvalue weighted by Crippen LogP contribution is -2.20. The number of nitrogens with one attached hydrogen (secondary N) is 1. The van der Waals surface area contributed by atoms with Crippen molar-refractivity contribution < 1.29 is 14.7 Å². The molecule has 0 fully saturated rings. The zero-order valence-corrected chi connectivity index (χ0v) is 11.6. The average Bonchev–Trinajstić information content (AvgIpc) is 2.73. The Bertz CT molecular complexity index is 686. The first-order chi connectivity index (χ1) is 9.47. The van der Waals surface area contributed by atoms with Crippen molar-refractivity contribution in [3.05, 3.63) is 52.8 Å². The summed E-state index contributed by atoms with van der Waals surface area (Å²) >= 11 is 0. The Hall–Kier alpha value is -2.56. The lowest BCUT2D eigenvalue weighted by atomic mass is 10.1. The van der Waals surface area contributed by atoms with Gasteiger partial charge in [-0.15, -0.1) is 0 Å². The van der Waals surface area contributed by atoms with Gasteiger partial charge in [0, 0.05) is 18.4 Å². The van der Waals surface area contributed by atoms with Crippen molar-refractivity contribution >= 4 is 11.9 Å². The molecule has 1 aromatic carbocycles. The lowest BCUT2D eigenvalue weighted by molar-refractivity contribution is 0.0696. The molecule has 0 unspecified atom stereocenters. The number of nitrogens with zero attached hydrogens (tertiary/aromatic N) is 1. The number of para-hydroxylation sites is 1. The SMILES string of the molecule is CNC(=O)c1ccccc1-n1c(C)cc(C(=O)O)c1C. The minimum absolute atomic E-state index is 0.204. The highest BCUT2D eigenvalue weighted by molar-refractivity contribution is 5.98. The molecule has 0 aliphatic rings. The van der Waals surface area contributed by atoms with Crippen molar-refractivity contribution in [1.82, 2.24) is 9.88 Å². The summed E-state index contributed by atoms with van der Waals surface area (Å²) in [7, 11) is 1.57. The van der Waals surface area contributed by atoms with Crippen LogP contribution in [-0.2, 0) is 0 Å². The first-order valence-electron chi connectivity index (χ1n) is 6.21. The highest BCUT2D eigenvalue weighted by Gasteiger charge is 2.19. The highest BCUT2D eigenvalue weighted by atomic mass is 16.4. The molecule has 0 atom stereocenters. The number of carboxylic acid groups (broad SMARTS) is 1. The van der Waals surface area contributed by atoms with Gasteiger partial charge in [-0.1, -0.05) is 12.1 Å². The number of aromatic carboxylic acids is 1. The molecule has 0 spiro atoms. The van der Waals surface area contributed by atoms with Crippen molar-refractivity contribution in [2.24, 2.45) is 0 Å². The van der Waals surface area contributed by atoms with Crippen LogP contribution in [0.3, 0.4) is 0 Å². The van der Waals surface area contributed by atoms with E-state index in [4.69, 9.17) is 0 Å². The minimum atomic E-state index is -0.971. The van der Waals surface area contributed by atoms with Crippen LogP contribution in [0.25, 0.3) is 5.69 Å². The molecule has 1 amide bonds. The van der Waals surface area contributed by atoms with Crippen LogP contribution in [0.4, 0.5) is 0 Å². The van der Waals surface area contributed by atoms with E-state index in [2.05, 4.69) is 5.32 Å². The van der Waals surface area contributed by atoms with Gasteiger partial charge in [-0.3, -0.25) is 4.79 Å². The largest absolute Gasteiger partial charge is 0.478 e. The summed E-state index contributed by atoms with van der Waals surface area (Å²) in [5, 5.41) is 11.8. The molecule has 0 aliphatic heterocycles. The van der Waals surface area contributed by atoms with Crippen molar-refractivity contribution in [1.29, 1.82) is 0 Å². The van der Waals surface area contributed by atoms with Crippen LogP contribution >= 0.6 is 0 Å². The molecule has 0 radical (unpaired) electrons. The highest BCUT2D eigenvalue weighted by Crippen LogP contribution is 2.23. The molecule has 2 rings (SSSR count). The number of carbonyl (C=O) groups excluding carboxylic acids is 1. The van der Waals surface area contributed by atoms with Gasteiger partial charge < -0.3 is 15.0 Å². The van der Waals surface area contributed by atoms with Gasteiger partial charge in [0.05, 0.1) is 16.8 Å². The number of rotatable bonds is 3. The number of aryl methyl sites for hydroxylation is 1. The predicted octanol–water partition coefficient (Wildman–Crippen LogP) is 2.15. The van der Waals surface area contributed by atoms with Crippen molar-refractivity contribution in [2.45, 2.75) is 13.8 Å². The van der Waals surface area contributed by atoms with Crippen LogP contribution in [0.15, 0.2) is 30.3 Å². The normalized spacial score (nSPS) is 10.3. The van der Waals surface area contributed by atoms with Gasteiger partial charge in [0.25, 0.3) is 5.91 Å². The summed E-state index contributed by atoms with van der Waals surface area (Å²) in [4.78, 5) is 23.1. The van der Waals surface area contributed by atoms with Gasteiger partial charge in [0.1, 0.15) is 0 Å². The second-order valence-electron chi connectivity index (χ2n) is 4.52. The quantitative estimate of drug-likeness (QED) is 0.899. The number of carbonyl (C=O) groups is 2. The first-order valence-corrected chi connectivity index (χ1v) is 6.21. The van der Waals surface area contributed by atoms with Crippen LogP contribution in [0.1, 0.15) is 32.1 Å². The molecule has 1 heterocycles. The molecule has 104 valence electrons. The monoisotopic (exact) mass is 272 g/mol. The molecule has 5 nitrogen and oxygen atoms in total. The smallest absolute Gasteiger partial charge is 0.337 e. The van der Waals surface area contributed by atoms with Crippen molar-refractivity contribution in [3.63, 3.8) is 0 Å². The standard InChI is InChI=1S/C15H16N2O3/c1-9-8-12(15(19)20)10(2)17(9)13-7-5-4-6-11(13)14(18)16-3/h4-8H,1-3H3,(H,16,18)(H,19,20). The van der Waals surface area contributed by atoms with Crippen molar-refractivity contribution in [3.8, 4) is 5.69 Å². The molecule has 1 aromatic heterocycles. The molecule has 0 bridgehead atoms. The minimum Gasteiger partial charge on any atom is -0.478 e. The maximum absolute atomic E-state index is 11.9. The fourth-order valence-electron chi connectivity index (χ4n) is 2.35. The summed E-state index contributed by atoms with van der Waals surface area (Å²) in [5.74, 6) is -1.17. The second-order valence-corrected chi connectivity index (χ2v) is 4.52. The van der Waals surface area contributed by atoms with E-state index in [9.17, 15) is 14.7 Å². The van der Waals surface area contributed by atoms with Gasteiger partial charge in [-0.05, 0) is 32.0 Å². The third-order valence-electron chi connectivity index (χ3n) is 3.28. The average molecular weight is 272 g/mol. The molecule has 0 aliphatic carbocycles. The molecule has 5 heteroatoms. The third-order valence-corrected chi connectivity index (χ3v) is 3.28. The maximum atomic E-state index is 11.9. The molecule has 2 aromatic rings. The molecular formula is C15H16N2O3. The number of benzene rings is 1. The molecule has 20 heavy (non-hydrogen) atoms. The maximum Gasteiger partial charge on any atom is 0.337 e. The Morgan fingerprint density at radius 2 is 1.80 bits per heavy atom. The van der Waals surface area contributed by atoms with Crippen LogP contribution in [-0.4, -0.2) is 28.6 Å². The van der Waals surface area contributed by atoms with E-state index >= 15 is 0 Å². The van der Waals surface area contributed by atoms with Gasteiger partial charge in [-0.25, -0.2) is 4.79 Å². The Kier molecular flexibility index (Phi) is 3.61. The molecule has 2 N–H and O–H groups in total. The van der Waals surface area contributed by atoms with E-state index in [-0.39, 0.29) is 11.5 Å². The Labute approximate surface area is 116 Å². The Balaban J connectivity index is 2.70. The fraction of sp³-hybridized carbons (Fsp3) is 0.200. The third kappa shape index (κ3) is 2.18. The Morgan fingerprint density at radius 1 is 1.15 bits per heavy atom. The molecule has 0 saturated heterocycles. The summed E-state index contributed by atoms with van der Waals surface area (Å²) < 4.78 is 1.79. The Morgan fingerprint density at radius 3 is 2.35 bits per heavy atom. The number of aromatic nitrogens is 1. The van der Waals surface area contributed by atoms with Crippen LogP contribution < -0.4 is 5.32 Å². The van der Waals surface area contributed by atoms with Gasteiger partial charge >= 0.3 is 5.97 Å². The number of hydrogen-bond acceptors (Lipinski definition) is 2.